The summed E-state index contributed by atoms with van der Waals surface area (Å²) in [5.74, 6) is -1.33. The van der Waals surface area contributed by atoms with Gasteiger partial charge in [-0.2, -0.15) is 0 Å². The van der Waals surface area contributed by atoms with Gasteiger partial charge in [-0.1, -0.05) is 42.5 Å². The van der Waals surface area contributed by atoms with Crippen molar-refractivity contribution in [1.82, 2.24) is 18.9 Å². The van der Waals surface area contributed by atoms with E-state index in [1.54, 1.807) is 18.3 Å². The Hall–Kier alpha value is -5.02. The van der Waals surface area contributed by atoms with Crippen LogP contribution in [0.4, 0.5) is 4.79 Å². The summed E-state index contributed by atoms with van der Waals surface area (Å²) in [7, 11) is 2.68. The van der Waals surface area contributed by atoms with E-state index in [4.69, 9.17) is 0 Å². The Morgan fingerprint density at radius 1 is 0.700 bits per heavy atom. The maximum atomic E-state index is 13.1. The lowest BCUT2D eigenvalue weighted by molar-refractivity contribution is -0.134. The van der Waals surface area contributed by atoms with Crippen molar-refractivity contribution < 1.29 is 19.5 Å². The first-order chi connectivity index (χ1) is 19.3. The zero-order valence-electron chi connectivity index (χ0n) is 21.9. The van der Waals surface area contributed by atoms with Crippen molar-refractivity contribution in [2.24, 2.45) is 0 Å². The molecule has 0 spiro atoms. The van der Waals surface area contributed by atoms with E-state index in [1.807, 2.05) is 69.8 Å². The van der Waals surface area contributed by atoms with Crippen LogP contribution < -0.4 is 5.43 Å². The minimum Gasteiger partial charge on any atom is -0.389 e. The minimum atomic E-state index is -0.835. The summed E-state index contributed by atoms with van der Waals surface area (Å²) in [6.45, 7) is 0.456. The number of amides is 4. The fourth-order valence-corrected chi connectivity index (χ4v) is 5.44. The van der Waals surface area contributed by atoms with Gasteiger partial charge in [-0.05, 0) is 36.4 Å². The lowest BCUT2D eigenvalue weighted by Gasteiger charge is -2.28. The van der Waals surface area contributed by atoms with Crippen molar-refractivity contribution >= 4 is 56.6 Å². The van der Waals surface area contributed by atoms with E-state index in [9.17, 15) is 24.3 Å². The predicted octanol–water partition coefficient (Wildman–Crippen LogP) is 3.60. The number of para-hydroxylation sites is 3. The quantitative estimate of drug-likeness (QED) is 0.211. The first-order valence-electron chi connectivity index (χ1n) is 12.8. The number of urea groups is 1. The molecule has 0 aliphatic carbocycles. The third-order valence-electron chi connectivity index (χ3n) is 7.44. The van der Waals surface area contributed by atoms with E-state index in [0.717, 1.165) is 31.7 Å². The van der Waals surface area contributed by atoms with E-state index in [-0.39, 0.29) is 24.1 Å². The molecule has 1 N–H and O–H groups in total. The van der Waals surface area contributed by atoms with Crippen LogP contribution in [0.1, 0.15) is 5.56 Å². The summed E-state index contributed by atoms with van der Waals surface area (Å²) >= 11 is 0. The fraction of sp³-hybridized carbons (Fsp3) is 0.161. The van der Waals surface area contributed by atoms with Crippen LogP contribution in [0.15, 0.2) is 89.4 Å². The molecular formula is C31H26N4O5. The van der Waals surface area contributed by atoms with Gasteiger partial charge in [-0.25, -0.2) is 4.79 Å². The third kappa shape index (κ3) is 3.99. The number of barbiturate groups is 1. The van der Waals surface area contributed by atoms with Gasteiger partial charge in [-0.15, -0.1) is 0 Å². The van der Waals surface area contributed by atoms with E-state index < -0.39 is 23.9 Å². The normalized spacial score (nSPS) is 15.1. The molecule has 3 aromatic carbocycles. The molecular weight excluding hydrogens is 508 g/mol. The molecule has 6 rings (SSSR count). The van der Waals surface area contributed by atoms with E-state index in [0.29, 0.717) is 16.3 Å². The largest absolute Gasteiger partial charge is 0.389 e. The molecule has 1 saturated heterocycles. The highest BCUT2D eigenvalue weighted by atomic mass is 16.3. The SMILES string of the molecule is CN1C(=O)C(=Cc2cn(CC(O)Cn3c4ccccc4c(=O)c4ccccc43)c3ccccc23)C(=O)N(C)C1=O. The Morgan fingerprint density at radius 2 is 1.20 bits per heavy atom. The molecule has 5 aromatic rings. The second kappa shape index (κ2) is 9.62. The Balaban J connectivity index is 1.39. The zero-order chi connectivity index (χ0) is 28.1. The molecule has 1 fully saturated rings. The maximum absolute atomic E-state index is 13.1. The van der Waals surface area contributed by atoms with Crippen LogP contribution in [0.3, 0.4) is 0 Å². The Bertz CT molecular complexity index is 1860. The van der Waals surface area contributed by atoms with Crippen LogP contribution in [0.2, 0.25) is 0 Å². The van der Waals surface area contributed by atoms with Crippen LogP contribution >= 0.6 is 0 Å². The van der Waals surface area contributed by atoms with Gasteiger partial charge in [0, 0.05) is 47.5 Å². The van der Waals surface area contributed by atoms with Crippen molar-refractivity contribution in [3.63, 3.8) is 0 Å². The minimum absolute atomic E-state index is 0.0455. The van der Waals surface area contributed by atoms with Gasteiger partial charge in [0.05, 0.1) is 30.2 Å². The number of aliphatic hydroxyl groups excluding tert-OH is 1. The molecule has 9 heteroatoms. The molecule has 1 atom stereocenters. The van der Waals surface area contributed by atoms with Crippen LogP contribution in [0, 0.1) is 0 Å². The van der Waals surface area contributed by atoms with Crippen LogP contribution in [0.25, 0.3) is 38.8 Å². The molecule has 9 nitrogen and oxygen atoms in total. The van der Waals surface area contributed by atoms with Crippen molar-refractivity contribution in [3.05, 3.63) is 100 Å². The number of fused-ring (bicyclic) bond motifs is 3. The molecule has 0 radical (unpaired) electrons. The molecule has 40 heavy (non-hydrogen) atoms. The number of rotatable bonds is 5. The lowest BCUT2D eigenvalue weighted by Crippen LogP contribution is -2.52. The number of aliphatic hydroxyl groups is 1. The first kappa shape index (κ1) is 25.3. The summed E-state index contributed by atoms with van der Waals surface area (Å²) in [5, 5.41) is 13.3. The number of aromatic nitrogens is 2. The number of nitrogens with zero attached hydrogens (tertiary/aromatic N) is 4. The van der Waals surface area contributed by atoms with E-state index in [1.165, 1.54) is 20.2 Å². The fourth-order valence-electron chi connectivity index (χ4n) is 5.44. The number of likely N-dealkylation sites (N-methyl/N-ethyl adjacent to an activating group) is 2. The summed E-state index contributed by atoms with van der Waals surface area (Å²) in [6.07, 6.45) is 2.45. The summed E-state index contributed by atoms with van der Waals surface area (Å²) in [4.78, 5) is 52.6. The van der Waals surface area contributed by atoms with Crippen molar-refractivity contribution in [1.29, 1.82) is 0 Å². The second-order valence-electron chi connectivity index (χ2n) is 9.95. The standard InChI is InChI=1S/C31H26N4O5/c1-32-29(38)24(30(39)33(2)31(32)40)15-19-16-34(25-12-6-3-9-21(19)25)17-20(36)18-35-26-13-7-4-10-22(26)28(37)23-11-5-8-14-27(23)35/h3-16,20,36H,17-18H2,1-2H3. The van der Waals surface area contributed by atoms with E-state index >= 15 is 0 Å². The Morgan fingerprint density at radius 3 is 1.77 bits per heavy atom. The van der Waals surface area contributed by atoms with Gasteiger partial charge in [-0.3, -0.25) is 24.2 Å². The average Bonchev–Trinajstić information content (AvgIpc) is 3.32. The van der Waals surface area contributed by atoms with Gasteiger partial charge in [0.2, 0.25) is 0 Å². The van der Waals surface area contributed by atoms with Crippen LogP contribution in [-0.2, 0) is 22.7 Å². The van der Waals surface area contributed by atoms with Gasteiger partial charge in [0.1, 0.15) is 5.57 Å². The Kier molecular flexibility index (Phi) is 6.08. The molecule has 1 unspecified atom stereocenters. The summed E-state index contributed by atoms with van der Waals surface area (Å²) in [5.41, 5.74) is 2.76. The molecule has 0 saturated carbocycles. The number of imide groups is 2. The smallest absolute Gasteiger partial charge is 0.333 e. The topological polar surface area (TPSA) is 105 Å². The van der Waals surface area contributed by atoms with Gasteiger partial charge >= 0.3 is 6.03 Å². The number of pyridine rings is 1. The number of hydrogen-bond acceptors (Lipinski definition) is 5. The average molecular weight is 535 g/mol. The third-order valence-corrected chi connectivity index (χ3v) is 7.44. The number of hydrogen-bond donors (Lipinski definition) is 1. The van der Waals surface area contributed by atoms with Crippen LogP contribution in [-0.4, -0.2) is 62.1 Å². The zero-order valence-corrected chi connectivity index (χ0v) is 21.9. The number of benzene rings is 3. The lowest BCUT2D eigenvalue weighted by atomic mass is 10.1. The number of carbonyl (C=O) groups is 3. The molecule has 2 aromatic heterocycles. The van der Waals surface area contributed by atoms with Gasteiger partial charge < -0.3 is 14.2 Å². The van der Waals surface area contributed by atoms with Crippen molar-refractivity contribution in [2.75, 3.05) is 14.1 Å². The maximum Gasteiger partial charge on any atom is 0.333 e. The van der Waals surface area contributed by atoms with Crippen molar-refractivity contribution in [3.8, 4) is 0 Å². The van der Waals surface area contributed by atoms with Gasteiger partial charge in [0.25, 0.3) is 11.8 Å². The first-order valence-corrected chi connectivity index (χ1v) is 12.8. The van der Waals surface area contributed by atoms with Crippen LogP contribution in [0.5, 0.6) is 0 Å². The molecule has 3 heterocycles. The Labute approximate surface area is 228 Å². The van der Waals surface area contributed by atoms with Crippen molar-refractivity contribution in [2.45, 2.75) is 19.2 Å². The molecule has 200 valence electrons. The molecule has 4 amide bonds. The highest BCUT2D eigenvalue weighted by molar-refractivity contribution is 6.31. The summed E-state index contributed by atoms with van der Waals surface area (Å²) in [6, 6.07) is 21.6. The highest BCUT2D eigenvalue weighted by Crippen LogP contribution is 2.27. The molecule has 1 aliphatic rings. The highest BCUT2D eigenvalue weighted by Gasteiger charge is 2.38. The monoisotopic (exact) mass is 534 g/mol. The number of carbonyl (C=O) groups excluding carboxylic acids is 3. The van der Waals surface area contributed by atoms with Gasteiger partial charge in [0.15, 0.2) is 5.43 Å². The molecule has 1 aliphatic heterocycles. The summed E-state index contributed by atoms with van der Waals surface area (Å²) < 4.78 is 3.85. The van der Waals surface area contributed by atoms with E-state index in [2.05, 4.69) is 0 Å². The second-order valence-corrected chi connectivity index (χ2v) is 9.95. The molecule has 0 bridgehead atoms. The predicted molar refractivity (Wildman–Crippen MR) is 153 cm³/mol.